The highest BCUT2D eigenvalue weighted by molar-refractivity contribution is 5.96. The van der Waals surface area contributed by atoms with Crippen molar-refractivity contribution < 1.29 is 22.4 Å². The van der Waals surface area contributed by atoms with Crippen molar-refractivity contribution in [2.45, 2.75) is 20.0 Å². The smallest absolute Gasteiger partial charge is 0.439 e. The van der Waals surface area contributed by atoms with Crippen LogP contribution in [0.4, 0.5) is 13.2 Å². The van der Waals surface area contributed by atoms with Gasteiger partial charge in [0.25, 0.3) is 5.89 Å². The maximum absolute atomic E-state index is 11.8. The van der Waals surface area contributed by atoms with Crippen molar-refractivity contribution >= 4 is 5.78 Å². The van der Waals surface area contributed by atoms with Crippen LogP contribution in [0.15, 0.2) is 4.42 Å². The van der Waals surface area contributed by atoms with Crippen LogP contribution in [0.2, 0.25) is 0 Å². The van der Waals surface area contributed by atoms with Gasteiger partial charge in [0.2, 0.25) is 0 Å². The summed E-state index contributed by atoms with van der Waals surface area (Å²) in [5.41, 5.74) is 0.285. The standard InChI is InChI=1S/C7H6F3NO2/c1-3-4(2)13-6(11-3)5(12)7(8,9)10/h1-2H3. The van der Waals surface area contributed by atoms with Crippen LogP contribution in [0, 0.1) is 13.8 Å². The Morgan fingerprint density at radius 2 is 1.92 bits per heavy atom. The van der Waals surface area contributed by atoms with Gasteiger partial charge in [0.1, 0.15) is 5.76 Å². The number of aromatic nitrogens is 1. The van der Waals surface area contributed by atoms with Gasteiger partial charge >= 0.3 is 12.0 Å². The molecule has 1 aromatic rings. The summed E-state index contributed by atoms with van der Waals surface area (Å²) < 4.78 is 40.0. The predicted molar refractivity (Wildman–Crippen MR) is 36.4 cm³/mol. The number of ketones is 1. The summed E-state index contributed by atoms with van der Waals surface area (Å²) in [6.45, 7) is 2.90. The summed E-state index contributed by atoms with van der Waals surface area (Å²) in [6.07, 6.45) is -4.93. The van der Waals surface area contributed by atoms with E-state index in [9.17, 15) is 18.0 Å². The molecule has 0 aromatic carbocycles. The van der Waals surface area contributed by atoms with Gasteiger partial charge in [-0.1, -0.05) is 0 Å². The monoisotopic (exact) mass is 193 g/mol. The second-order valence-corrected chi connectivity index (χ2v) is 2.49. The number of carbonyl (C=O) groups excluding carboxylic acids is 1. The maximum atomic E-state index is 11.8. The predicted octanol–water partition coefficient (Wildman–Crippen LogP) is 2.04. The molecule has 0 spiro atoms. The Labute approximate surface area is 71.6 Å². The van der Waals surface area contributed by atoms with Crippen LogP contribution in [0.5, 0.6) is 0 Å². The van der Waals surface area contributed by atoms with Crippen LogP contribution in [-0.2, 0) is 0 Å². The van der Waals surface area contributed by atoms with Crippen LogP contribution in [-0.4, -0.2) is 16.9 Å². The molecule has 13 heavy (non-hydrogen) atoms. The van der Waals surface area contributed by atoms with E-state index in [1.807, 2.05) is 0 Å². The summed E-state index contributed by atoms with van der Waals surface area (Å²) in [5, 5.41) is 0. The van der Waals surface area contributed by atoms with Gasteiger partial charge in [-0.05, 0) is 13.8 Å². The molecule has 0 radical (unpaired) electrons. The lowest BCUT2D eigenvalue weighted by Gasteiger charge is -1.99. The van der Waals surface area contributed by atoms with Crippen molar-refractivity contribution in [1.29, 1.82) is 0 Å². The molecule has 1 aromatic heterocycles. The number of carbonyl (C=O) groups is 1. The Balaban J connectivity index is 3.03. The van der Waals surface area contributed by atoms with Crippen molar-refractivity contribution in [3.63, 3.8) is 0 Å². The zero-order chi connectivity index (χ0) is 10.2. The van der Waals surface area contributed by atoms with E-state index >= 15 is 0 Å². The van der Waals surface area contributed by atoms with Crippen molar-refractivity contribution in [3.8, 4) is 0 Å². The van der Waals surface area contributed by atoms with Crippen molar-refractivity contribution in [1.82, 2.24) is 4.98 Å². The molecule has 72 valence electrons. The Hall–Kier alpha value is -1.33. The van der Waals surface area contributed by atoms with Gasteiger partial charge in [-0.15, -0.1) is 0 Å². The van der Waals surface area contributed by atoms with Gasteiger partial charge < -0.3 is 4.42 Å². The summed E-state index contributed by atoms with van der Waals surface area (Å²) in [5.74, 6) is -2.74. The van der Waals surface area contributed by atoms with E-state index in [1.54, 1.807) is 0 Å². The number of rotatable bonds is 1. The Morgan fingerprint density at radius 3 is 2.23 bits per heavy atom. The van der Waals surface area contributed by atoms with E-state index in [0.29, 0.717) is 0 Å². The SMILES string of the molecule is Cc1nc(C(=O)C(F)(F)F)oc1C. The first-order valence-electron chi connectivity index (χ1n) is 3.38. The third-order valence-electron chi connectivity index (χ3n) is 1.48. The van der Waals surface area contributed by atoms with E-state index in [4.69, 9.17) is 0 Å². The maximum Gasteiger partial charge on any atom is 0.459 e. The second kappa shape index (κ2) is 2.86. The van der Waals surface area contributed by atoms with E-state index in [1.165, 1.54) is 13.8 Å². The molecule has 0 N–H and O–H groups in total. The largest absolute Gasteiger partial charge is 0.459 e. The summed E-state index contributed by atoms with van der Waals surface area (Å²) >= 11 is 0. The zero-order valence-corrected chi connectivity index (χ0v) is 6.90. The third-order valence-corrected chi connectivity index (χ3v) is 1.48. The normalized spacial score (nSPS) is 11.8. The quantitative estimate of drug-likeness (QED) is 0.641. The van der Waals surface area contributed by atoms with Gasteiger partial charge in [-0.3, -0.25) is 4.79 Å². The Kier molecular flexibility index (Phi) is 2.15. The van der Waals surface area contributed by atoms with E-state index in [-0.39, 0.29) is 11.5 Å². The van der Waals surface area contributed by atoms with Crippen LogP contribution >= 0.6 is 0 Å². The molecular formula is C7H6F3NO2. The molecule has 0 aliphatic carbocycles. The lowest BCUT2D eigenvalue weighted by atomic mass is 10.4. The highest BCUT2D eigenvalue weighted by atomic mass is 19.4. The Morgan fingerprint density at radius 1 is 1.38 bits per heavy atom. The van der Waals surface area contributed by atoms with Gasteiger partial charge in [0.15, 0.2) is 0 Å². The molecule has 0 aliphatic rings. The number of alkyl halides is 3. The molecule has 1 heterocycles. The number of hydrogen-bond donors (Lipinski definition) is 0. The third kappa shape index (κ3) is 1.88. The van der Waals surface area contributed by atoms with E-state index in [2.05, 4.69) is 9.40 Å². The van der Waals surface area contributed by atoms with Crippen LogP contribution in [0.3, 0.4) is 0 Å². The molecule has 0 amide bonds. The fraction of sp³-hybridized carbons (Fsp3) is 0.429. The number of Topliss-reactive ketones (excluding diaryl/α,β-unsaturated/α-hetero) is 1. The molecule has 0 fully saturated rings. The van der Waals surface area contributed by atoms with Crippen LogP contribution in [0.1, 0.15) is 22.1 Å². The first kappa shape index (κ1) is 9.76. The minimum absolute atomic E-state index is 0.215. The number of oxazole rings is 1. The van der Waals surface area contributed by atoms with Crippen LogP contribution < -0.4 is 0 Å². The molecule has 0 bridgehead atoms. The Bertz CT molecular complexity index is 320. The zero-order valence-electron chi connectivity index (χ0n) is 6.90. The number of aryl methyl sites for hydroxylation is 2. The molecule has 6 heteroatoms. The lowest BCUT2D eigenvalue weighted by Crippen LogP contribution is -2.22. The van der Waals surface area contributed by atoms with E-state index in [0.717, 1.165) is 0 Å². The molecule has 3 nitrogen and oxygen atoms in total. The summed E-state index contributed by atoms with van der Waals surface area (Å²) in [7, 11) is 0. The first-order chi connectivity index (χ1) is 5.82. The summed E-state index contributed by atoms with van der Waals surface area (Å²) in [4.78, 5) is 13.9. The molecule has 1 rings (SSSR count). The number of halogens is 3. The lowest BCUT2D eigenvalue weighted by molar-refractivity contribution is -0.0903. The number of hydrogen-bond acceptors (Lipinski definition) is 3. The van der Waals surface area contributed by atoms with Crippen molar-refractivity contribution in [2.24, 2.45) is 0 Å². The van der Waals surface area contributed by atoms with Gasteiger partial charge in [0, 0.05) is 0 Å². The van der Waals surface area contributed by atoms with Gasteiger partial charge in [0.05, 0.1) is 5.69 Å². The second-order valence-electron chi connectivity index (χ2n) is 2.49. The fourth-order valence-corrected chi connectivity index (χ4v) is 0.691. The summed E-state index contributed by atoms with van der Waals surface area (Å²) in [6, 6.07) is 0. The average molecular weight is 193 g/mol. The molecule has 0 saturated carbocycles. The van der Waals surface area contributed by atoms with Crippen LogP contribution in [0.25, 0.3) is 0 Å². The minimum atomic E-state index is -4.93. The molecule has 0 atom stereocenters. The topological polar surface area (TPSA) is 43.1 Å². The van der Waals surface area contributed by atoms with Crippen molar-refractivity contribution in [2.75, 3.05) is 0 Å². The molecular weight excluding hydrogens is 187 g/mol. The highest BCUT2D eigenvalue weighted by Crippen LogP contribution is 2.22. The highest BCUT2D eigenvalue weighted by Gasteiger charge is 2.42. The average Bonchev–Trinajstić information content (AvgIpc) is 2.29. The van der Waals surface area contributed by atoms with E-state index < -0.39 is 17.9 Å². The molecule has 0 saturated heterocycles. The molecule has 0 unspecified atom stereocenters. The van der Waals surface area contributed by atoms with Crippen molar-refractivity contribution in [3.05, 3.63) is 17.3 Å². The fourth-order valence-electron chi connectivity index (χ4n) is 0.691. The molecule has 0 aliphatic heterocycles. The minimum Gasteiger partial charge on any atom is -0.439 e. The number of nitrogens with zero attached hydrogens (tertiary/aromatic N) is 1. The van der Waals surface area contributed by atoms with Gasteiger partial charge in [-0.25, -0.2) is 4.98 Å². The first-order valence-corrected chi connectivity index (χ1v) is 3.38. The van der Waals surface area contributed by atoms with Gasteiger partial charge in [-0.2, -0.15) is 13.2 Å².